The second kappa shape index (κ2) is 8.77. The maximum absolute atomic E-state index is 11.9. The molecule has 24 heavy (non-hydrogen) atoms. The summed E-state index contributed by atoms with van der Waals surface area (Å²) in [4.78, 5) is 11.9. The zero-order chi connectivity index (χ0) is 17.4. The van der Waals surface area contributed by atoms with Crippen LogP contribution in [0.15, 0.2) is 48.5 Å². The molecule has 0 saturated heterocycles. The van der Waals surface area contributed by atoms with Gasteiger partial charge in [-0.3, -0.25) is 0 Å². The van der Waals surface area contributed by atoms with Crippen molar-refractivity contribution in [2.45, 2.75) is 32.6 Å². The first kappa shape index (κ1) is 17.6. The number of aryl methyl sites for hydroxylation is 1. The Hall–Kier alpha value is -2.75. The van der Waals surface area contributed by atoms with E-state index in [1.807, 2.05) is 12.1 Å². The van der Waals surface area contributed by atoms with Crippen LogP contribution in [0.5, 0.6) is 5.75 Å². The van der Waals surface area contributed by atoms with Gasteiger partial charge in [-0.15, -0.1) is 0 Å². The van der Waals surface area contributed by atoms with Crippen molar-refractivity contribution in [3.05, 3.63) is 59.7 Å². The fraction of sp³-hybridized carbons (Fsp3) is 0.250. The largest absolute Gasteiger partial charge is 0.421 e. The molecule has 4 nitrogen and oxygen atoms in total. The van der Waals surface area contributed by atoms with Gasteiger partial charge in [0.2, 0.25) is 0 Å². The summed E-state index contributed by atoms with van der Waals surface area (Å²) in [5.41, 5.74) is 14.5. The first-order chi connectivity index (χ1) is 11.6. The van der Waals surface area contributed by atoms with Crippen LogP contribution >= 0.6 is 0 Å². The maximum atomic E-state index is 11.9. The van der Waals surface area contributed by atoms with E-state index in [-0.39, 0.29) is 0 Å². The van der Waals surface area contributed by atoms with Crippen LogP contribution in [-0.4, -0.2) is 5.97 Å². The van der Waals surface area contributed by atoms with Crippen molar-refractivity contribution >= 4 is 23.4 Å². The van der Waals surface area contributed by atoms with Crippen molar-refractivity contribution < 1.29 is 9.53 Å². The molecule has 0 aliphatic rings. The van der Waals surface area contributed by atoms with Gasteiger partial charge in [0.25, 0.3) is 0 Å². The molecule has 0 spiro atoms. The molecule has 0 unspecified atom stereocenters. The van der Waals surface area contributed by atoms with Gasteiger partial charge in [0.1, 0.15) is 0 Å². The molecule has 0 amide bonds. The molecule has 126 valence electrons. The minimum atomic E-state index is -0.474. The minimum absolute atomic E-state index is 0.310. The molecule has 0 heterocycles. The van der Waals surface area contributed by atoms with Crippen molar-refractivity contribution in [1.82, 2.24) is 0 Å². The van der Waals surface area contributed by atoms with Crippen LogP contribution in [0.4, 0.5) is 11.4 Å². The Morgan fingerprint density at radius 2 is 1.83 bits per heavy atom. The summed E-state index contributed by atoms with van der Waals surface area (Å²) in [5.74, 6) is -0.163. The molecule has 0 atom stereocenters. The Bertz CT molecular complexity index is 706. The van der Waals surface area contributed by atoms with Crippen molar-refractivity contribution in [2.75, 3.05) is 11.5 Å². The fourth-order valence-corrected chi connectivity index (χ4v) is 2.34. The lowest BCUT2D eigenvalue weighted by molar-refractivity contribution is -0.128. The number of carbonyl (C=O) groups is 1. The fourth-order valence-electron chi connectivity index (χ4n) is 2.34. The maximum Gasteiger partial charge on any atom is 0.336 e. The summed E-state index contributed by atoms with van der Waals surface area (Å²) in [6.45, 7) is 2.20. The molecule has 4 heteroatoms. The third kappa shape index (κ3) is 5.47. The van der Waals surface area contributed by atoms with Gasteiger partial charge < -0.3 is 16.2 Å². The van der Waals surface area contributed by atoms with Crippen LogP contribution in [0.2, 0.25) is 0 Å². The zero-order valence-electron chi connectivity index (χ0n) is 14.0. The van der Waals surface area contributed by atoms with Crippen LogP contribution < -0.4 is 16.2 Å². The van der Waals surface area contributed by atoms with Crippen LogP contribution in [0.1, 0.15) is 37.3 Å². The predicted octanol–water partition coefficient (Wildman–Crippen LogP) is 4.20. The number of unbranched alkanes of at least 4 members (excludes halogenated alkanes) is 2. The van der Waals surface area contributed by atoms with Gasteiger partial charge in [0.05, 0.1) is 5.69 Å². The number of anilines is 2. The van der Waals surface area contributed by atoms with Crippen molar-refractivity contribution in [2.24, 2.45) is 0 Å². The lowest BCUT2D eigenvalue weighted by atomic mass is 10.1. The number of esters is 1. The molecular formula is C20H24N2O2. The van der Waals surface area contributed by atoms with Crippen LogP contribution in [0, 0.1) is 0 Å². The predicted molar refractivity (Wildman–Crippen MR) is 99.6 cm³/mol. The second-order valence-electron chi connectivity index (χ2n) is 5.75. The molecule has 0 aliphatic heterocycles. The topological polar surface area (TPSA) is 78.3 Å². The SMILES string of the molecule is CCCCCc1ccc(C=CC(=O)Oc2ccc(N)cc2N)cc1. The van der Waals surface area contributed by atoms with Gasteiger partial charge in [-0.05, 0) is 48.2 Å². The third-order valence-electron chi connectivity index (χ3n) is 3.70. The Kier molecular flexibility index (Phi) is 6.43. The minimum Gasteiger partial charge on any atom is -0.421 e. The monoisotopic (exact) mass is 324 g/mol. The summed E-state index contributed by atoms with van der Waals surface area (Å²) >= 11 is 0. The highest BCUT2D eigenvalue weighted by molar-refractivity contribution is 5.89. The van der Waals surface area contributed by atoms with Crippen molar-refractivity contribution in [3.8, 4) is 5.75 Å². The normalized spacial score (nSPS) is 10.9. The quantitative estimate of drug-likeness (QED) is 0.263. The van der Waals surface area contributed by atoms with Gasteiger partial charge in [-0.2, -0.15) is 0 Å². The number of nitrogens with two attached hydrogens (primary N) is 2. The number of benzene rings is 2. The van der Waals surface area contributed by atoms with Crippen molar-refractivity contribution in [3.63, 3.8) is 0 Å². The van der Waals surface area contributed by atoms with E-state index < -0.39 is 5.97 Å². The Labute approximate surface area is 143 Å². The van der Waals surface area contributed by atoms with Gasteiger partial charge >= 0.3 is 5.97 Å². The molecule has 0 radical (unpaired) electrons. The molecule has 0 bridgehead atoms. The van der Waals surface area contributed by atoms with Crippen molar-refractivity contribution in [1.29, 1.82) is 0 Å². The molecular weight excluding hydrogens is 300 g/mol. The molecule has 2 rings (SSSR count). The van der Waals surface area contributed by atoms with E-state index in [4.69, 9.17) is 16.2 Å². The lowest BCUT2D eigenvalue weighted by Crippen LogP contribution is -2.06. The Morgan fingerprint density at radius 1 is 1.08 bits per heavy atom. The highest BCUT2D eigenvalue weighted by atomic mass is 16.5. The number of ether oxygens (including phenoxy) is 1. The number of hydrogen-bond acceptors (Lipinski definition) is 4. The molecule has 0 aromatic heterocycles. The number of carbonyl (C=O) groups excluding carboxylic acids is 1. The van der Waals surface area contributed by atoms with E-state index in [1.54, 1.807) is 24.3 Å². The van der Waals surface area contributed by atoms with E-state index in [2.05, 4.69) is 19.1 Å². The Morgan fingerprint density at radius 3 is 2.50 bits per heavy atom. The van der Waals surface area contributed by atoms with E-state index in [0.29, 0.717) is 17.1 Å². The smallest absolute Gasteiger partial charge is 0.336 e. The average Bonchev–Trinajstić information content (AvgIpc) is 2.57. The summed E-state index contributed by atoms with van der Waals surface area (Å²) in [5, 5.41) is 0. The van der Waals surface area contributed by atoms with Crippen LogP contribution in [-0.2, 0) is 11.2 Å². The summed E-state index contributed by atoms with van der Waals surface area (Å²) in [6.07, 6.45) is 7.90. The lowest BCUT2D eigenvalue weighted by Gasteiger charge is -2.05. The molecule has 2 aromatic carbocycles. The summed E-state index contributed by atoms with van der Waals surface area (Å²) in [6, 6.07) is 13.0. The summed E-state index contributed by atoms with van der Waals surface area (Å²) in [7, 11) is 0. The standard InChI is InChI=1S/C20H24N2O2/c1-2-3-4-5-15-6-8-16(9-7-15)10-13-20(23)24-19-12-11-17(21)14-18(19)22/h6-14H,2-5,21-22H2,1H3. The van der Waals surface area contributed by atoms with Crippen LogP contribution in [0.3, 0.4) is 0 Å². The molecule has 0 fully saturated rings. The van der Waals surface area contributed by atoms with E-state index in [1.165, 1.54) is 30.9 Å². The van der Waals surface area contributed by atoms with E-state index in [9.17, 15) is 4.79 Å². The van der Waals surface area contributed by atoms with E-state index in [0.717, 1.165) is 12.0 Å². The highest BCUT2D eigenvalue weighted by Gasteiger charge is 2.05. The number of rotatable bonds is 7. The van der Waals surface area contributed by atoms with Gasteiger partial charge in [0.15, 0.2) is 5.75 Å². The average molecular weight is 324 g/mol. The van der Waals surface area contributed by atoms with Crippen LogP contribution in [0.25, 0.3) is 6.08 Å². The first-order valence-electron chi connectivity index (χ1n) is 8.22. The first-order valence-corrected chi connectivity index (χ1v) is 8.22. The highest BCUT2D eigenvalue weighted by Crippen LogP contribution is 2.23. The Balaban J connectivity index is 1.91. The molecule has 0 aliphatic carbocycles. The third-order valence-corrected chi connectivity index (χ3v) is 3.70. The van der Waals surface area contributed by atoms with Gasteiger partial charge in [-0.25, -0.2) is 4.79 Å². The summed E-state index contributed by atoms with van der Waals surface area (Å²) < 4.78 is 5.20. The van der Waals surface area contributed by atoms with Gasteiger partial charge in [-0.1, -0.05) is 44.0 Å². The van der Waals surface area contributed by atoms with E-state index >= 15 is 0 Å². The number of nitrogen functional groups attached to an aromatic ring is 2. The molecule has 4 N–H and O–H groups in total. The number of hydrogen-bond donors (Lipinski definition) is 2. The van der Waals surface area contributed by atoms with Gasteiger partial charge in [0, 0.05) is 11.8 Å². The molecule has 0 saturated carbocycles. The zero-order valence-corrected chi connectivity index (χ0v) is 14.0. The second-order valence-corrected chi connectivity index (χ2v) is 5.75. The molecule has 2 aromatic rings.